The van der Waals surface area contributed by atoms with E-state index in [1.165, 1.54) is 17.3 Å². The molecule has 2 heterocycles. The number of rotatable bonds is 7. The molecule has 4 rings (SSSR count). The molecule has 2 aromatic heterocycles. The van der Waals surface area contributed by atoms with Crippen LogP contribution in [0.3, 0.4) is 0 Å². The highest BCUT2D eigenvalue weighted by Gasteiger charge is 2.18. The molecule has 0 radical (unpaired) electrons. The first kappa shape index (κ1) is 20.3. The lowest BCUT2D eigenvalue weighted by Crippen LogP contribution is -2.30. The second-order valence-electron chi connectivity index (χ2n) is 7.09. The fourth-order valence-electron chi connectivity index (χ4n) is 3.35. The number of carbonyl (C=O) groups is 2. The van der Waals surface area contributed by atoms with E-state index in [1.54, 1.807) is 10.7 Å². The van der Waals surface area contributed by atoms with E-state index in [9.17, 15) is 9.59 Å². The second kappa shape index (κ2) is 9.21. The summed E-state index contributed by atoms with van der Waals surface area (Å²) in [7, 11) is 0. The molecule has 4 aromatic rings. The number of aromatic nitrogens is 3. The molecule has 1 N–H and O–H groups in total. The fourth-order valence-corrected chi connectivity index (χ4v) is 3.35. The zero-order chi connectivity index (χ0) is 21.6. The van der Waals surface area contributed by atoms with E-state index in [0.717, 1.165) is 11.3 Å². The maximum Gasteiger partial charge on any atom is 0.344 e. The van der Waals surface area contributed by atoms with Crippen molar-refractivity contribution >= 4 is 17.5 Å². The normalized spacial score (nSPS) is 10.7. The third-order valence-corrected chi connectivity index (χ3v) is 5.00. The molecule has 0 bridgehead atoms. The van der Waals surface area contributed by atoms with Gasteiger partial charge >= 0.3 is 5.97 Å². The molecule has 31 heavy (non-hydrogen) atoms. The van der Waals surface area contributed by atoms with Crippen molar-refractivity contribution in [2.45, 2.75) is 13.3 Å². The molecule has 0 unspecified atom stereocenters. The molecule has 0 fully saturated rings. The van der Waals surface area contributed by atoms with E-state index in [4.69, 9.17) is 4.74 Å². The van der Waals surface area contributed by atoms with Crippen molar-refractivity contribution in [1.29, 1.82) is 0 Å². The Morgan fingerprint density at radius 3 is 2.61 bits per heavy atom. The van der Waals surface area contributed by atoms with Gasteiger partial charge in [-0.3, -0.25) is 4.79 Å². The van der Waals surface area contributed by atoms with Crippen molar-refractivity contribution in [1.82, 2.24) is 19.9 Å². The van der Waals surface area contributed by atoms with Crippen LogP contribution in [-0.4, -0.2) is 39.6 Å². The first-order valence-electron chi connectivity index (χ1n) is 10.00. The zero-order valence-electron chi connectivity index (χ0n) is 17.1. The predicted octanol–water partition coefficient (Wildman–Crippen LogP) is 3.22. The van der Waals surface area contributed by atoms with E-state index in [2.05, 4.69) is 15.4 Å². The second-order valence-corrected chi connectivity index (χ2v) is 7.09. The molecule has 2 aromatic carbocycles. The first-order chi connectivity index (χ1) is 15.1. The third-order valence-electron chi connectivity index (χ3n) is 5.00. The Morgan fingerprint density at radius 1 is 1.03 bits per heavy atom. The number of amides is 1. The van der Waals surface area contributed by atoms with E-state index in [0.29, 0.717) is 18.6 Å². The molecule has 0 aliphatic rings. The molecule has 0 spiro atoms. The molecule has 156 valence electrons. The SMILES string of the molecule is Cc1ccccc1CCNC(=O)COC(=O)c1cnn2c(-c3ccccc3)ccnc12. The summed E-state index contributed by atoms with van der Waals surface area (Å²) >= 11 is 0. The van der Waals surface area contributed by atoms with Crippen molar-refractivity contribution in [2.24, 2.45) is 0 Å². The van der Waals surface area contributed by atoms with Gasteiger partial charge in [-0.2, -0.15) is 5.10 Å². The van der Waals surface area contributed by atoms with Gasteiger partial charge in [0.05, 0.1) is 11.9 Å². The number of hydrogen-bond donors (Lipinski definition) is 1. The van der Waals surface area contributed by atoms with Crippen molar-refractivity contribution in [3.63, 3.8) is 0 Å². The quantitative estimate of drug-likeness (QED) is 0.469. The minimum Gasteiger partial charge on any atom is -0.452 e. The molecule has 0 saturated heterocycles. The summed E-state index contributed by atoms with van der Waals surface area (Å²) in [5.74, 6) is -0.988. The number of nitrogens with one attached hydrogen (secondary N) is 1. The molecule has 0 aliphatic heterocycles. The van der Waals surface area contributed by atoms with Crippen LogP contribution >= 0.6 is 0 Å². The summed E-state index contributed by atoms with van der Waals surface area (Å²) in [5.41, 5.74) is 4.70. The van der Waals surface area contributed by atoms with Crippen LogP contribution in [0.25, 0.3) is 16.9 Å². The van der Waals surface area contributed by atoms with Crippen LogP contribution < -0.4 is 5.32 Å². The van der Waals surface area contributed by atoms with Gasteiger partial charge in [-0.1, -0.05) is 54.6 Å². The van der Waals surface area contributed by atoms with Crippen LogP contribution in [0, 0.1) is 6.92 Å². The van der Waals surface area contributed by atoms with Crippen molar-refractivity contribution < 1.29 is 14.3 Å². The third kappa shape index (κ3) is 4.61. The summed E-state index contributed by atoms with van der Waals surface area (Å²) in [5, 5.41) is 7.06. The lowest BCUT2D eigenvalue weighted by Gasteiger charge is -2.08. The number of esters is 1. The van der Waals surface area contributed by atoms with Gasteiger partial charge < -0.3 is 10.1 Å². The monoisotopic (exact) mass is 414 g/mol. The van der Waals surface area contributed by atoms with Crippen LogP contribution in [-0.2, 0) is 16.0 Å². The number of aryl methyl sites for hydroxylation is 1. The van der Waals surface area contributed by atoms with E-state index >= 15 is 0 Å². The lowest BCUT2D eigenvalue weighted by molar-refractivity contribution is -0.124. The average Bonchev–Trinajstić information content (AvgIpc) is 3.24. The van der Waals surface area contributed by atoms with E-state index in [1.807, 2.05) is 67.6 Å². The Morgan fingerprint density at radius 2 is 1.81 bits per heavy atom. The topological polar surface area (TPSA) is 85.6 Å². The van der Waals surface area contributed by atoms with Gasteiger partial charge in [0.15, 0.2) is 12.3 Å². The molecule has 7 heteroatoms. The molecule has 0 saturated carbocycles. The predicted molar refractivity (Wildman–Crippen MR) is 117 cm³/mol. The molecule has 0 atom stereocenters. The van der Waals surface area contributed by atoms with Gasteiger partial charge in [-0.15, -0.1) is 0 Å². The average molecular weight is 414 g/mol. The van der Waals surface area contributed by atoms with Crippen LogP contribution in [0.1, 0.15) is 21.5 Å². The summed E-state index contributed by atoms with van der Waals surface area (Å²) in [4.78, 5) is 28.9. The summed E-state index contributed by atoms with van der Waals surface area (Å²) < 4.78 is 6.78. The number of hydrogen-bond acceptors (Lipinski definition) is 5. The maximum atomic E-state index is 12.5. The lowest BCUT2D eigenvalue weighted by atomic mass is 10.1. The Bertz CT molecular complexity index is 1220. The first-order valence-corrected chi connectivity index (χ1v) is 10.00. The summed E-state index contributed by atoms with van der Waals surface area (Å²) in [6, 6.07) is 19.5. The standard InChI is InChI=1S/C24H22N4O3/c1-17-7-5-6-8-18(17)11-13-25-22(29)16-31-24(30)20-15-27-28-21(12-14-26-23(20)28)19-9-3-2-4-10-19/h2-10,12,14-15H,11,13,16H2,1H3,(H,25,29). The van der Waals surface area contributed by atoms with E-state index in [-0.39, 0.29) is 18.1 Å². The number of nitrogens with zero attached hydrogens (tertiary/aromatic N) is 3. The van der Waals surface area contributed by atoms with Crippen LogP contribution in [0.5, 0.6) is 0 Å². The Balaban J connectivity index is 1.37. The molecule has 0 aliphatic carbocycles. The van der Waals surface area contributed by atoms with Gasteiger partial charge in [-0.05, 0) is 30.5 Å². The smallest absolute Gasteiger partial charge is 0.344 e. The molecule has 7 nitrogen and oxygen atoms in total. The molecular weight excluding hydrogens is 392 g/mol. The highest BCUT2D eigenvalue weighted by Crippen LogP contribution is 2.20. The number of fused-ring (bicyclic) bond motifs is 1. The van der Waals surface area contributed by atoms with Crippen LogP contribution in [0.2, 0.25) is 0 Å². The highest BCUT2D eigenvalue weighted by molar-refractivity contribution is 5.97. The van der Waals surface area contributed by atoms with Gasteiger partial charge in [0.1, 0.15) is 5.56 Å². The fraction of sp³-hybridized carbons (Fsp3) is 0.167. The number of carbonyl (C=O) groups excluding carboxylic acids is 2. The van der Waals surface area contributed by atoms with Crippen LogP contribution in [0.4, 0.5) is 0 Å². The van der Waals surface area contributed by atoms with Gasteiger partial charge in [0.25, 0.3) is 5.91 Å². The van der Waals surface area contributed by atoms with Crippen molar-refractivity contribution in [3.8, 4) is 11.3 Å². The maximum absolute atomic E-state index is 12.5. The van der Waals surface area contributed by atoms with Gasteiger partial charge in [0.2, 0.25) is 0 Å². The molecule has 1 amide bonds. The molecular formula is C24H22N4O3. The summed E-state index contributed by atoms with van der Waals surface area (Å²) in [6.07, 6.45) is 3.74. The summed E-state index contributed by atoms with van der Waals surface area (Å²) in [6.45, 7) is 2.15. The van der Waals surface area contributed by atoms with Crippen molar-refractivity contribution in [2.75, 3.05) is 13.2 Å². The number of ether oxygens (including phenoxy) is 1. The van der Waals surface area contributed by atoms with Crippen LogP contribution in [0.15, 0.2) is 73.1 Å². The zero-order valence-corrected chi connectivity index (χ0v) is 17.1. The number of benzene rings is 2. The van der Waals surface area contributed by atoms with Gasteiger partial charge in [0, 0.05) is 18.3 Å². The highest BCUT2D eigenvalue weighted by atomic mass is 16.5. The largest absolute Gasteiger partial charge is 0.452 e. The minimum absolute atomic E-state index is 0.213. The van der Waals surface area contributed by atoms with Crippen molar-refractivity contribution in [3.05, 3.63) is 89.7 Å². The Kier molecular flexibility index (Phi) is 6.03. The Hall–Kier alpha value is -4.00. The Labute approximate surface area is 179 Å². The van der Waals surface area contributed by atoms with Gasteiger partial charge in [-0.25, -0.2) is 14.3 Å². The van der Waals surface area contributed by atoms with E-state index < -0.39 is 5.97 Å². The minimum atomic E-state index is -0.637.